The third kappa shape index (κ3) is 7.96. The number of rotatable bonds is 9. The lowest BCUT2D eigenvalue weighted by atomic mass is 9.82. The van der Waals surface area contributed by atoms with Crippen molar-refractivity contribution in [1.82, 2.24) is 19.9 Å². The third-order valence-corrected chi connectivity index (χ3v) is 7.93. The van der Waals surface area contributed by atoms with Gasteiger partial charge in [-0.1, -0.05) is 19.6 Å². The maximum Gasteiger partial charge on any atom is 0.407 e. The molecular formula is C22H34ClIN4O4Si. The quantitative estimate of drug-likeness (QED) is 0.171. The van der Waals surface area contributed by atoms with Crippen molar-refractivity contribution in [3.8, 4) is 5.88 Å². The van der Waals surface area contributed by atoms with Crippen molar-refractivity contribution in [1.29, 1.82) is 0 Å². The van der Waals surface area contributed by atoms with Gasteiger partial charge in [0.25, 0.3) is 0 Å². The van der Waals surface area contributed by atoms with E-state index in [0.29, 0.717) is 30.7 Å². The van der Waals surface area contributed by atoms with Crippen molar-refractivity contribution in [2.45, 2.75) is 77.7 Å². The van der Waals surface area contributed by atoms with E-state index in [1.807, 2.05) is 31.5 Å². The summed E-state index contributed by atoms with van der Waals surface area (Å²) in [5.41, 5.74) is 0.213. The Hall–Kier alpha value is -1.11. The first-order valence-electron chi connectivity index (χ1n) is 11.2. The minimum atomic E-state index is -1.14. The minimum absolute atomic E-state index is 0.0248. The molecule has 0 unspecified atom stereocenters. The molecule has 0 radical (unpaired) electrons. The smallest absolute Gasteiger partial charge is 0.407 e. The molecule has 0 saturated heterocycles. The van der Waals surface area contributed by atoms with Gasteiger partial charge in [-0.2, -0.15) is 9.97 Å². The Balaban J connectivity index is 1.57. The maximum atomic E-state index is 11.8. The SMILES string of the molecule is CC(C)(C)OC(=O)NCC1CC(Oc2nc(Cl)nc3c2c(I)cn3COCC[Si](C)(C)C)C1. The van der Waals surface area contributed by atoms with Crippen molar-refractivity contribution in [3.05, 3.63) is 15.1 Å². The lowest BCUT2D eigenvalue weighted by molar-refractivity contribution is 0.0407. The Morgan fingerprint density at radius 3 is 2.64 bits per heavy atom. The lowest BCUT2D eigenvalue weighted by Gasteiger charge is -2.35. The summed E-state index contributed by atoms with van der Waals surface area (Å²) >= 11 is 8.49. The number of halogens is 2. The summed E-state index contributed by atoms with van der Waals surface area (Å²) in [5, 5.41) is 3.83. The Labute approximate surface area is 215 Å². The third-order valence-electron chi connectivity index (χ3n) is 5.24. The van der Waals surface area contributed by atoms with Crippen molar-refractivity contribution in [2.24, 2.45) is 5.92 Å². The molecule has 1 saturated carbocycles. The monoisotopic (exact) mass is 608 g/mol. The second-order valence-electron chi connectivity index (χ2n) is 10.8. The van der Waals surface area contributed by atoms with Gasteiger partial charge in [0, 0.05) is 31.0 Å². The van der Waals surface area contributed by atoms with E-state index in [-0.39, 0.29) is 17.5 Å². The van der Waals surface area contributed by atoms with Crippen LogP contribution in [0.25, 0.3) is 11.0 Å². The van der Waals surface area contributed by atoms with E-state index in [1.165, 1.54) is 0 Å². The highest BCUT2D eigenvalue weighted by atomic mass is 127. The number of aromatic nitrogens is 3. The first kappa shape index (κ1) is 26.5. The molecule has 1 aliphatic carbocycles. The first-order valence-corrected chi connectivity index (χ1v) is 16.4. The Morgan fingerprint density at radius 2 is 2.00 bits per heavy atom. The van der Waals surface area contributed by atoms with E-state index in [0.717, 1.165) is 34.4 Å². The van der Waals surface area contributed by atoms with Crippen LogP contribution in [0.2, 0.25) is 31.0 Å². The van der Waals surface area contributed by atoms with Gasteiger partial charge in [-0.3, -0.25) is 0 Å². The predicted molar refractivity (Wildman–Crippen MR) is 141 cm³/mol. The van der Waals surface area contributed by atoms with Crippen LogP contribution in [0.1, 0.15) is 33.6 Å². The van der Waals surface area contributed by atoms with E-state index in [9.17, 15) is 4.79 Å². The summed E-state index contributed by atoms with van der Waals surface area (Å²) in [6.45, 7) is 14.3. The fourth-order valence-electron chi connectivity index (χ4n) is 3.45. The van der Waals surface area contributed by atoms with Crippen LogP contribution in [-0.4, -0.2) is 53.6 Å². The Morgan fingerprint density at radius 1 is 1.30 bits per heavy atom. The molecule has 0 aromatic carbocycles. The number of nitrogens with zero attached hydrogens (tertiary/aromatic N) is 3. The average molecular weight is 609 g/mol. The number of alkyl carbamates (subject to hydrolysis) is 1. The van der Waals surface area contributed by atoms with Crippen LogP contribution in [0.15, 0.2) is 6.20 Å². The molecular weight excluding hydrogens is 575 g/mol. The number of hydrogen-bond acceptors (Lipinski definition) is 6. The van der Waals surface area contributed by atoms with Gasteiger partial charge in [0.05, 0.1) is 5.39 Å². The predicted octanol–water partition coefficient (Wildman–Crippen LogP) is 5.68. The Bertz CT molecular complexity index is 983. The topological polar surface area (TPSA) is 87.5 Å². The van der Waals surface area contributed by atoms with Gasteiger partial charge >= 0.3 is 6.09 Å². The van der Waals surface area contributed by atoms with Crippen LogP contribution in [-0.2, 0) is 16.2 Å². The molecule has 1 amide bonds. The molecule has 2 aromatic heterocycles. The van der Waals surface area contributed by atoms with Crippen LogP contribution < -0.4 is 10.1 Å². The molecule has 3 rings (SSSR count). The van der Waals surface area contributed by atoms with Gasteiger partial charge in [-0.25, -0.2) is 4.79 Å². The van der Waals surface area contributed by atoms with E-state index in [4.69, 9.17) is 25.8 Å². The zero-order chi connectivity index (χ0) is 24.4. The molecule has 0 spiro atoms. The van der Waals surface area contributed by atoms with Gasteiger partial charge < -0.3 is 24.1 Å². The summed E-state index contributed by atoms with van der Waals surface area (Å²) < 4.78 is 20.3. The molecule has 2 heterocycles. The van der Waals surface area contributed by atoms with Gasteiger partial charge in [0.2, 0.25) is 11.2 Å². The molecule has 1 fully saturated rings. The van der Waals surface area contributed by atoms with Crippen molar-refractivity contribution in [3.63, 3.8) is 0 Å². The molecule has 11 heteroatoms. The minimum Gasteiger partial charge on any atom is -0.474 e. The summed E-state index contributed by atoms with van der Waals surface area (Å²) in [6, 6.07) is 1.11. The fourth-order valence-corrected chi connectivity index (χ4v) is 5.17. The highest BCUT2D eigenvalue weighted by molar-refractivity contribution is 14.1. The second kappa shape index (κ2) is 10.7. The van der Waals surface area contributed by atoms with Crippen LogP contribution in [0, 0.1) is 9.49 Å². The molecule has 184 valence electrons. The molecule has 0 atom stereocenters. The second-order valence-corrected chi connectivity index (χ2v) is 17.9. The molecule has 1 aliphatic rings. The number of ether oxygens (including phenoxy) is 3. The van der Waals surface area contributed by atoms with Crippen LogP contribution in [0.3, 0.4) is 0 Å². The summed E-state index contributed by atoms with van der Waals surface area (Å²) in [5.74, 6) is 0.845. The molecule has 33 heavy (non-hydrogen) atoms. The van der Waals surface area contributed by atoms with Gasteiger partial charge in [-0.15, -0.1) is 0 Å². The molecule has 1 N–H and O–H groups in total. The summed E-state index contributed by atoms with van der Waals surface area (Å²) in [7, 11) is -1.14. The molecule has 2 aromatic rings. The van der Waals surface area contributed by atoms with Gasteiger partial charge in [0.15, 0.2) is 5.65 Å². The van der Waals surface area contributed by atoms with E-state index >= 15 is 0 Å². The highest BCUT2D eigenvalue weighted by Gasteiger charge is 2.33. The lowest BCUT2D eigenvalue weighted by Crippen LogP contribution is -2.42. The summed E-state index contributed by atoms with van der Waals surface area (Å²) in [4.78, 5) is 20.6. The van der Waals surface area contributed by atoms with E-state index in [2.05, 4.69) is 57.5 Å². The number of fused-ring (bicyclic) bond motifs is 1. The van der Waals surface area contributed by atoms with Crippen molar-refractivity contribution < 1.29 is 19.0 Å². The van der Waals surface area contributed by atoms with Crippen molar-refractivity contribution in [2.75, 3.05) is 13.2 Å². The number of carbonyl (C=O) groups excluding carboxylic acids is 1. The van der Waals surface area contributed by atoms with E-state index < -0.39 is 13.7 Å². The van der Waals surface area contributed by atoms with Crippen LogP contribution >= 0.6 is 34.2 Å². The normalized spacial score (nSPS) is 18.8. The number of hydrogen-bond donors (Lipinski definition) is 1. The van der Waals surface area contributed by atoms with Gasteiger partial charge in [0.1, 0.15) is 18.4 Å². The Kier molecular flexibility index (Phi) is 8.55. The largest absolute Gasteiger partial charge is 0.474 e. The number of amides is 1. The fraction of sp³-hybridized carbons (Fsp3) is 0.682. The molecule has 0 bridgehead atoms. The number of nitrogens with one attached hydrogen (secondary N) is 1. The van der Waals surface area contributed by atoms with Gasteiger partial charge in [-0.05, 0) is 79.8 Å². The highest BCUT2D eigenvalue weighted by Crippen LogP contribution is 2.36. The molecule has 8 nitrogen and oxygen atoms in total. The van der Waals surface area contributed by atoms with Crippen LogP contribution in [0.4, 0.5) is 4.79 Å². The van der Waals surface area contributed by atoms with Crippen molar-refractivity contribution >= 4 is 59.4 Å². The van der Waals surface area contributed by atoms with Crippen LogP contribution in [0.5, 0.6) is 5.88 Å². The standard InChI is InChI=1S/C22H34ClIN4O4Si/c1-22(2,3)32-21(29)25-11-14-9-15(10-14)31-19-17-16(24)12-28(18(17)26-20(23)27-19)13-30-7-8-33(4,5)6/h12,14-15H,7-11,13H2,1-6H3,(H,25,29). The zero-order valence-electron chi connectivity index (χ0n) is 20.2. The number of carbonyl (C=O) groups is 1. The van der Waals surface area contributed by atoms with E-state index in [1.54, 1.807) is 0 Å². The summed E-state index contributed by atoms with van der Waals surface area (Å²) in [6.07, 6.45) is 3.29. The maximum absolute atomic E-state index is 11.8. The molecule has 0 aliphatic heterocycles. The zero-order valence-corrected chi connectivity index (χ0v) is 24.1. The first-order chi connectivity index (χ1) is 15.3. The average Bonchev–Trinajstić information content (AvgIpc) is 2.93.